The van der Waals surface area contributed by atoms with Gasteiger partial charge in [-0.1, -0.05) is 41.4 Å². The van der Waals surface area contributed by atoms with E-state index in [0.29, 0.717) is 5.39 Å². The molecule has 0 saturated heterocycles. The number of hydrogen-bond donors (Lipinski definition) is 0. The molecule has 0 fully saturated rings. The average Bonchev–Trinajstić information content (AvgIpc) is 2.26. The first-order valence-corrected chi connectivity index (χ1v) is 7.56. The fourth-order valence-electron chi connectivity index (χ4n) is 1.51. The fourth-order valence-corrected chi connectivity index (χ4v) is 2.53. The van der Waals surface area contributed by atoms with Crippen LogP contribution in [0.25, 0.3) is 10.8 Å². The van der Waals surface area contributed by atoms with E-state index in [1.165, 1.54) is 12.3 Å². The maximum absolute atomic E-state index is 11.4. The topological polar surface area (TPSA) is 47.0 Å². The van der Waals surface area contributed by atoms with Crippen molar-refractivity contribution in [3.8, 4) is 0 Å². The monoisotopic (exact) mass is 309 g/mol. The molecule has 0 unspecified atom stereocenters. The minimum Gasteiger partial charge on any atom is -0.264 e. The van der Waals surface area contributed by atoms with Crippen LogP contribution in [0.1, 0.15) is 5.56 Å². The Morgan fingerprint density at radius 1 is 1.18 bits per heavy atom. The summed E-state index contributed by atoms with van der Waals surface area (Å²) in [5.41, 5.74) is 0.218. The number of benzene rings is 1. The van der Waals surface area contributed by atoms with Gasteiger partial charge in [0.05, 0.1) is 0 Å². The van der Waals surface area contributed by atoms with E-state index in [0.717, 1.165) is 5.39 Å². The van der Waals surface area contributed by atoms with Gasteiger partial charge in [-0.2, -0.15) is 0 Å². The standard InChI is InChI=1S/C10H6Cl3NO2S/c11-10(12,17(13,15)16)9-3-1-2-7-6-14-5-4-8(7)9/h1-6H. The molecule has 0 N–H and O–H groups in total. The van der Waals surface area contributed by atoms with Crippen molar-refractivity contribution in [1.29, 1.82) is 0 Å². The van der Waals surface area contributed by atoms with Gasteiger partial charge in [0, 0.05) is 34.0 Å². The molecule has 0 bridgehead atoms. The highest BCUT2D eigenvalue weighted by atomic mass is 35.7. The van der Waals surface area contributed by atoms with E-state index < -0.39 is 12.7 Å². The molecule has 0 aliphatic rings. The number of pyridine rings is 1. The molecule has 0 atom stereocenters. The molecule has 90 valence electrons. The molecule has 3 nitrogen and oxygen atoms in total. The summed E-state index contributed by atoms with van der Waals surface area (Å²) in [6.07, 6.45) is 3.11. The molecule has 1 heterocycles. The van der Waals surface area contributed by atoms with E-state index in [1.807, 2.05) is 0 Å². The molecule has 7 heteroatoms. The smallest absolute Gasteiger partial charge is 0.264 e. The first kappa shape index (κ1) is 12.9. The highest BCUT2D eigenvalue weighted by molar-refractivity contribution is 8.16. The molecule has 0 radical (unpaired) electrons. The zero-order chi connectivity index (χ0) is 12.7. The van der Waals surface area contributed by atoms with Crippen LogP contribution in [0.5, 0.6) is 0 Å². The summed E-state index contributed by atoms with van der Waals surface area (Å²) < 4.78 is 20.6. The Morgan fingerprint density at radius 3 is 2.53 bits per heavy atom. The summed E-state index contributed by atoms with van der Waals surface area (Å²) in [6.45, 7) is 0. The molecular formula is C10H6Cl3NO2S. The molecule has 0 spiro atoms. The zero-order valence-corrected chi connectivity index (χ0v) is 11.4. The van der Waals surface area contributed by atoms with Gasteiger partial charge in [-0.3, -0.25) is 4.98 Å². The SMILES string of the molecule is O=S(=O)(Cl)C(Cl)(Cl)c1cccc2cnccc12. The maximum Gasteiger partial charge on any atom is 0.270 e. The van der Waals surface area contributed by atoms with Crippen LogP contribution >= 0.6 is 33.9 Å². The van der Waals surface area contributed by atoms with Crippen molar-refractivity contribution < 1.29 is 8.42 Å². The van der Waals surface area contributed by atoms with Crippen molar-refractivity contribution in [2.24, 2.45) is 0 Å². The Labute approximate surface area is 113 Å². The van der Waals surface area contributed by atoms with Crippen LogP contribution in [0.4, 0.5) is 0 Å². The number of nitrogens with zero attached hydrogens (tertiary/aromatic N) is 1. The van der Waals surface area contributed by atoms with Crippen molar-refractivity contribution >= 4 is 53.7 Å². The van der Waals surface area contributed by atoms with Gasteiger partial charge in [0.15, 0.2) is 0 Å². The third kappa shape index (κ3) is 2.22. The Kier molecular flexibility index (Phi) is 3.25. The van der Waals surface area contributed by atoms with Gasteiger partial charge in [-0.25, -0.2) is 8.42 Å². The highest BCUT2D eigenvalue weighted by Gasteiger charge is 2.41. The quantitative estimate of drug-likeness (QED) is 0.631. The summed E-state index contributed by atoms with van der Waals surface area (Å²) in [5.74, 6) is 0. The molecule has 2 aromatic rings. The van der Waals surface area contributed by atoms with Gasteiger partial charge in [-0.05, 0) is 11.5 Å². The second-order valence-electron chi connectivity index (χ2n) is 3.36. The maximum atomic E-state index is 11.4. The van der Waals surface area contributed by atoms with E-state index in [4.69, 9.17) is 33.9 Å². The van der Waals surface area contributed by atoms with Gasteiger partial charge < -0.3 is 0 Å². The third-order valence-corrected chi connectivity index (χ3v) is 5.93. The molecule has 0 amide bonds. The lowest BCUT2D eigenvalue weighted by Crippen LogP contribution is -2.19. The Hall–Kier alpha value is -0.550. The summed E-state index contributed by atoms with van der Waals surface area (Å²) in [5, 5.41) is 1.33. The molecule has 0 saturated carbocycles. The molecule has 2 rings (SSSR count). The lowest BCUT2D eigenvalue weighted by molar-refractivity contribution is 0.604. The van der Waals surface area contributed by atoms with Crippen LogP contribution in [-0.4, -0.2) is 13.4 Å². The Balaban J connectivity index is 2.81. The summed E-state index contributed by atoms with van der Waals surface area (Å²) in [4.78, 5) is 3.93. The van der Waals surface area contributed by atoms with Crippen LogP contribution < -0.4 is 0 Å². The number of alkyl halides is 2. The van der Waals surface area contributed by atoms with Crippen LogP contribution in [0.15, 0.2) is 36.7 Å². The first-order valence-electron chi connectivity index (χ1n) is 4.49. The highest BCUT2D eigenvalue weighted by Crippen LogP contribution is 2.44. The van der Waals surface area contributed by atoms with Crippen molar-refractivity contribution in [2.45, 2.75) is 3.67 Å². The molecule has 1 aromatic carbocycles. The second kappa shape index (κ2) is 4.28. The van der Waals surface area contributed by atoms with Gasteiger partial charge in [0.2, 0.25) is 0 Å². The lowest BCUT2D eigenvalue weighted by atomic mass is 10.1. The van der Waals surface area contributed by atoms with E-state index in [1.54, 1.807) is 24.4 Å². The molecular weight excluding hydrogens is 305 g/mol. The molecule has 0 aliphatic heterocycles. The largest absolute Gasteiger partial charge is 0.270 e. The van der Waals surface area contributed by atoms with E-state index >= 15 is 0 Å². The zero-order valence-electron chi connectivity index (χ0n) is 8.27. The normalized spacial score (nSPS) is 12.9. The Morgan fingerprint density at radius 2 is 1.88 bits per heavy atom. The van der Waals surface area contributed by atoms with Crippen LogP contribution in [0, 0.1) is 0 Å². The third-order valence-electron chi connectivity index (χ3n) is 2.30. The van der Waals surface area contributed by atoms with Crippen molar-refractivity contribution in [3.05, 3.63) is 42.2 Å². The van der Waals surface area contributed by atoms with Crippen molar-refractivity contribution in [1.82, 2.24) is 4.98 Å². The van der Waals surface area contributed by atoms with E-state index in [2.05, 4.69) is 4.98 Å². The molecule has 17 heavy (non-hydrogen) atoms. The average molecular weight is 311 g/mol. The van der Waals surface area contributed by atoms with Gasteiger partial charge >= 0.3 is 0 Å². The number of aromatic nitrogens is 1. The number of halogens is 3. The number of hydrogen-bond acceptors (Lipinski definition) is 3. The number of rotatable bonds is 2. The Bertz CT molecular complexity index is 665. The second-order valence-corrected chi connectivity index (χ2v) is 7.84. The minimum atomic E-state index is -4.16. The lowest BCUT2D eigenvalue weighted by Gasteiger charge is -2.18. The van der Waals surface area contributed by atoms with E-state index in [9.17, 15) is 8.42 Å². The first-order chi connectivity index (χ1) is 7.84. The van der Waals surface area contributed by atoms with Crippen LogP contribution in [0.2, 0.25) is 0 Å². The predicted molar refractivity (Wildman–Crippen MR) is 69.9 cm³/mol. The summed E-state index contributed by atoms with van der Waals surface area (Å²) in [6, 6.07) is 6.56. The van der Waals surface area contributed by atoms with Gasteiger partial charge in [-0.15, -0.1) is 0 Å². The van der Waals surface area contributed by atoms with Crippen LogP contribution in [-0.2, 0) is 12.7 Å². The van der Waals surface area contributed by atoms with Gasteiger partial charge in [0.25, 0.3) is 12.7 Å². The fraction of sp³-hybridized carbons (Fsp3) is 0.100. The molecule has 0 aliphatic carbocycles. The minimum absolute atomic E-state index is 0.218. The van der Waals surface area contributed by atoms with E-state index in [-0.39, 0.29) is 5.56 Å². The van der Waals surface area contributed by atoms with Gasteiger partial charge in [0.1, 0.15) is 0 Å². The predicted octanol–water partition coefficient (Wildman–Crippen LogP) is 3.39. The molecule has 1 aromatic heterocycles. The summed E-state index contributed by atoms with van der Waals surface area (Å²) in [7, 11) is 1.09. The van der Waals surface area contributed by atoms with Crippen LogP contribution in [0.3, 0.4) is 0 Å². The van der Waals surface area contributed by atoms with Crippen molar-refractivity contribution in [2.75, 3.05) is 0 Å². The summed E-state index contributed by atoms with van der Waals surface area (Å²) >= 11 is 11.7. The van der Waals surface area contributed by atoms with Crippen molar-refractivity contribution in [3.63, 3.8) is 0 Å². The number of fused-ring (bicyclic) bond motifs is 1.